The second-order valence-electron chi connectivity index (χ2n) is 8.64. The van der Waals surface area contributed by atoms with Gasteiger partial charge in [0.1, 0.15) is 5.82 Å². The minimum absolute atomic E-state index is 0.0147. The van der Waals surface area contributed by atoms with Crippen molar-refractivity contribution in [2.45, 2.75) is 52.3 Å². The maximum absolute atomic E-state index is 13.0. The van der Waals surface area contributed by atoms with Gasteiger partial charge in [0.2, 0.25) is 0 Å². The van der Waals surface area contributed by atoms with Gasteiger partial charge in [0, 0.05) is 43.4 Å². The van der Waals surface area contributed by atoms with E-state index in [2.05, 4.69) is 39.7 Å². The lowest BCUT2D eigenvalue weighted by molar-refractivity contribution is 0.0900. The van der Waals surface area contributed by atoms with Crippen molar-refractivity contribution in [2.24, 2.45) is 0 Å². The summed E-state index contributed by atoms with van der Waals surface area (Å²) in [5, 5.41) is 3.23. The van der Waals surface area contributed by atoms with Gasteiger partial charge in [-0.15, -0.1) is 0 Å². The Balaban J connectivity index is 1.57. The smallest absolute Gasteiger partial charge is 0.251 e. The van der Waals surface area contributed by atoms with Gasteiger partial charge in [0.05, 0.1) is 23.3 Å². The molecule has 2 aromatic carbocycles. The average molecular weight is 421 g/mol. The van der Waals surface area contributed by atoms with Crippen molar-refractivity contribution in [3.8, 4) is 5.69 Å². The van der Waals surface area contributed by atoms with Crippen molar-refractivity contribution < 1.29 is 9.53 Å². The van der Waals surface area contributed by atoms with E-state index in [-0.39, 0.29) is 11.9 Å². The summed E-state index contributed by atoms with van der Waals surface area (Å²) in [7, 11) is 1.68. The Morgan fingerprint density at radius 2 is 1.94 bits per heavy atom. The van der Waals surface area contributed by atoms with E-state index in [1.165, 1.54) is 0 Å². The lowest BCUT2D eigenvalue weighted by atomic mass is 10.0. The van der Waals surface area contributed by atoms with Crippen LogP contribution in [0.2, 0.25) is 0 Å². The number of hydrogen-bond acceptors (Lipinski definition) is 4. The first-order chi connectivity index (χ1) is 15.0. The number of rotatable bonds is 6. The molecule has 1 aliphatic heterocycles. The molecule has 0 radical (unpaired) electrons. The zero-order valence-electron chi connectivity index (χ0n) is 18.9. The van der Waals surface area contributed by atoms with E-state index < -0.39 is 0 Å². The normalized spacial score (nSPS) is 15.6. The number of carbonyl (C=O) groups is 1. The Morgan fingerprint density at radius 3 is 2.65 bits per heavy atom. The number of piperidine rings is 1. The molecule has 1 fully saturated rings. The van der Waals surface area contributed by atoms with Crippen LogP contribution in [-0.2, 0) is 11.3 Å². The molecule has 164 valence electrons. The average Bonchev–Trinajstić information content (AvgIpc) is 3.10. The summed E-state index contributed by atoms with van der Waals surface area (Å²) in [6.07, 6.45) is 1.99. The number of aryl methyl sites for hydroxylation is 1. The van der Waals surface area contributed by atoms with E-state index in [1.807, 2.05) is 43.3 Å². The van der Waals surface area contributed by atoms with Crippen LogP contribution in [0.15, 0.2) is 42.5 Å². The molecule has 0 atom stereocenters. The molecule has 1 aliphatic rings. The highest BCUT2D eigenvalue weighted by Gasteiger charge is 2.23. The Labute approximate surface area is 184 Å². The first kappa shape index (κ1) is 21.5. The molecule has 0 spiro atoms. The van der Waals surface area contributed by atoms with Crippen LogP contribution in [0.1, 0.15) is 48.4 Å². The topological polar surface area (TPSA) is 59.4 Å². The Kier molecular flexibility index (Phi) is 6.39. The molecule has 1 N–H and O–H groups in total. The highest BCUT2D eigenvalue weighted by Crippen LogP contribution is 2.25. The zero-order valence-corrected chi connectivity index (χ0v) is 18.9. The van der Waals surface area contributed by atoms with E-state index in [9.17, 15) is 4.79 Å². The molecular weight excluding hydrogens is 388 g/mol. The minimum atomic E-state index is -0.0147. The van der Waals surface area contributed by atoms with Crippen LogP contribution in [0.25, 0.3) is 16.7 Å². The van der Waals surface area contributed by atoms with Gasteiger partial charge in [-0.1, -0.05) is 12.1 Å². The molecular formula is C25H32N4O2. The van der Waals surface area contributed by atoms with Gasteiger partial charge in [0.25, 0.3) is 5.91 Å². The maximum Gasteiger partial charge on any atom is 0.251 e. The maximum atomic E-state index is 13.0. The number of nitrogens with one attached hydrogen (secondary N) is 1. The number of fused-ring (bicyclic) bond motifs is 1. The van der Waals surface area contributed by atoms with Crippen molar-refractivity contribution in [1.29, 1.82) is 0 Å². The third kappa shape index (κ3) is 4.50. The fraction of sp³-hybridized carbons (Fsp3) is 0.440. The summed E-state index contributed by atoms with van der Waals surface area (Å²) in [6, 6.07) is 14.7. The third-order valence-electron chi connectivity index (χ3n) is 6.21. The molecule has 6 heteroatoms. The second-order valence-corrected chi connectivity index (χ2v) is 8.64. The predicted octanol–water partition coefficient (Wildman–Crippen LogP) is 4.08. The van der Waals surface area contributed by atoms with Crippen LogP contribution >= 0.6 is 0 Å². The van der Waals surface area contributed by atoms with Crippen molar-refractivity contribution in [2.75, 3.05) is 20.2 Å². The molecule has 31 heavy (non-hydrogen) atoms. The number of carbonyl (C=O) groups excluding carboxylic acids is 1. The predicted molar refractivity (Wildman–Crippen MR) is 124 cm³/mol. The van der Waals surface area contributed by atoms with Crippen molar-refractivity contribution in [1.82, 2.24) is 19.8 Å². The van der Waals surface area contributed by atoms with Gasteiger partial charge in [0.15, 0.2) is 0 Å². The first-order valence-electron chi connectivity index (χ1n) is 11.1. The van der Waals surface area contributed by atoms with E-state index in [0.29, 0.717) is 18.2 Å². The molecule has 6 nitrogen and oxygen atoms in total. The molecule has 1 amide bonds. The van der Waals surface area contributed by atoms with Gasteiger partial charge in [-0.2, -0.15) is 0 Å². The largest absolute Gasteiger partial charge is 0.380 e. The molecule has 1 saturated heterocycles. The minimum Gasteiger partial charge on any atom is -0.380 e. The van der Waals surface area contributed by atoms with Gasteiger partial charge >= 0.3 is 0 Å². The Morgan fingerprint density at radius 1 is 1.19 bits per heavy atom. The fourth-order valence-electron chi connectivity index (χ4n) is 4.50. The number of amides is 1. The van der Waals surface area contributed by atoms with Crippen molar-refractivity contribution in [3.05, 3.63) is 59.4 Å². The standard InChI is InChI=1S/C25H32N4O2/c1-17(2)28-13-11-21(12-14-28)27-25(30)19-9-10-23(20(15-19)16-31-4)29-18(3)26-22-7-5-6-8-24(22)29/h5-10,15,17,21H,11-14,16H2,1-4H3,(H,27,30). The van der Waals surface area contributed by atoms with Crippen LogP contribution < -0.4 is 5.32 Å². The lowest BCUT2D eigenvalue weighted by Crippen LogP contribution is -2.46. The van der Waals surface area contributed by atoms with E-state index >= 15 is 0 Å². The zero-order chi connectivity index (χ0) is 22.0. The van der Waals surface area contributed by atoms with Gasteiger partial charge in [-0.05, 0) is 63.9 Å². The first-order valence-corrected chi connectivity index (χ1v) is 11.1. The molecule has 0 aliphatic carbocycles. The van der Waals surface area contributed by atoms with Crippen LogP contribution in [0.3, 0.4) is 0 Å². The SMILES string of the molecule is COCc1cc(C(=O)NC2CCN(C(C)C)CC2)ccc1-n1c(C)nc2ccccc21. The molecule has 2 heterocycles. The quantitative estimate of drug-likeness (QED) is 0.653. The number of aromatic nitrogens is 2. The summed E-state index contributed by atoms with van der Waals surface area (Å²) in [4.78, 5) is 20.1. The molecule has 0 unspecified atom stereocenters. The Bertz CT molecular complexity index is 1060. The van der Waals surface area contributed by atoms with Crippen LogP contribution in [-0.4, -0.2) is 52.6 Å². The number of nitrogens with zero attached hydrogens (tertiary/aromatic N) is 3. The number of ether oxygens (including phenoxy) is 1. The molecule has 0 bridgehead atoms. The lowest BCUT2D eigenvalue weighted by Gasteiger charge is -2.34. The molecule has 1 aromatic heterocycles. The Hall–Kier alpha value is -2.70. The summed E-state index contributed by atoms with van der Waals surface area (Å²) in [5.41, 5.74) is 4.64. The number of para-hydroxylation sites is 2. The molecule has 3 aromatic rings. The van der Waals surface area contributed by atoms with Gasteiger partial charge < -0.3 is 15.0 Å². The summed E-state index contributed by atoms with van der Waals surface area (Å²) in [5.74, 6) is 0.895. The summed E-state index contributed by atoms with van der Waals surface area (Å²) >= 11 is 0. The van der Waals surface area contributed by atoms with Crippen LogP contribution in [0.5, 0.6) is 0 Å². The number of benzene rings is 2. The van der Waals surface area contributed by atoms with E-state index in [1.54, 1.807) is 7.11 Å². The van der Waals surface area contributed by atoms with Gasteiger partial charge in [-0.3, -0.25) is 9.36 Å². The van der Waals surface area contributed by atoms with Gasteiger partial charge in [-0.25, -0.2) is 4.98 Å². The highest BCUT2D eigenvalue weighted by molar-refractivity contribution is 5.95. The summed E-state index contributed by atoms with van der Waals surface area (Å²) < 4.78 is 7.60. The van der Waals surface area contributed by atoms with Crippen LogP contribution in [0.4, 0.5) is 0 Å². The fourth-order valence-corrected chi connectivity index (χ4v) is 4.50. The third-order valence-corrected chi connectivity index (χ3v) is 6.21. The number of methoxy groups -OCH3 is 1. The number of likely N-dealkylation sites (tertiary alicyclic amines) is 1. The van der Waals surface area contributed by atoms with Crippen molar-refractivity contribution in [3.63, 3.8) is 0 Å². The van der Waals surface area contributed by atoms with Crippen LogP contribution in [0, 0.1) is 6.92 Å². The summed E-state index contributed by atoms with van der Waals surface area (Å²) in [6.45, 7) is 8.94. The second kappa shape index (κ2) is 9.20. The number of imidazole rings is 1. The van der Waals surface area contributed by atoms with E-state index in [0.717, 1.165) is 54.0 Å². The monoisotopic (exact) mass is 420 g/mol. The molecule has 0 saturated carbocycles. The van der Waals surface area contributed by atoms with E-state index in [4.69, 9.17) is 4.74 Å². The molecule has 4 rings (SSSR count). The number of hydrogen-bond donors (Lipinski definition) is 1. The van der Waals surface area contributed by atoms with Crippen molar-refractivity contribution >= 4 is 16.9 Å². The highest BCUT2D eigenvalue weighted by atomic mass is 16.5.